The number of unbranched alkanes of at least 4 members (excludes halogenated alkanes) is 3. The topological polar surface area (TPSA) is 286 Å². The Morgan fingerprint density at radius 2 is 1.15 bits per heavy atom. The summed E-state index contributed by atoms with van der Waals surface area (Å²) in [6.07, 6.45) is 2.40. The van der Waals surface area contributed by atoms with Crippen LogP contribution in [-0.2, 0) is 14.3 Å². The summed E-state index contributed by atoms with van der Waals surface area (Å²) in [5, 5.41) is 66.8. The molecule has 0 spiro atoms. The number of nitrogens with zero attached hydrogens (tertiary/aromatic N) is 5. The first kappa shape index (κ1) is 48.3. The van der Waals surface area contributed by atoms with Crippen molar-refractivity contribution in [1.29, 1.82) is 0 Å². The van der Waals surface area contributed by atoms with Gasteiger partial charge in [0.25, 0.3) is 5.91 Å². The number of phenols is 2. The number of hydrogen-bond acceptors (Lipinski definition) is 14. The van der Waals surface area contributed by atoms with E-state index >= 15 is 0 Å². The third-order valence-corrected chi connectivity index (χ3v) is 8.75. The zero-order chi connectivity index (χ0) is 45.3. The molecule has 18 heteroatoms. The lowest BCUT2D eigenvalue weighted by atomic mass is 9.98. The number of amides is 3. The molecule has 2 unspecified atom stereocenters. The van der Waals surface area contributed by atoms with E-state index in [1.54, 1.807) is 64.1 Å². The van der Waals surface area contributed by atoms with Crippen LogP contribution in [-0.4, -0.2) is 79.1 Å². The molecule has 324 valence electrons. The highest BCUT2D eigenvalue weighted by Crippen LogP contribution is 2.33. The Hall–Kier alpha value is -7.05. The summed E-state index contributed by atoms with van der Waals surface area (Å²) in [7, 11) is 0. The van der Waals surface area contributed by atoms with Crippen molar-refractivity contribution in [2.24, 2.45) is 26.3 Å². The summed E-state index contributed by atoms with van der Waals surface area (Å²) in [5.41, 5.74) is 0.755. The predicted octanol–water partition coefficient (Wildman–Crippen LogP) is 8.52. The lowest BCUT2D eigenvalue weighted by molar-refractivity contribution is -0.132. The molecule has 0 aliphatic carbocycles. The monoisotopic (exact) mass is 841 g/mol. The van der Waals surface area contributed by atoms with E-state index in [0.717, 1.165) is 25.7 Å². The molecule has 3 amide bonds. The van der Waals surface area contributed by atoms with Crippen LogP contribution in [0.1, 0.15) is 104 Å². The molecular formula is C43H51N7O11. The first-order chi connectivity index (χ1) is 28.8. The number of nitrogens with two attached hydrogens (primary N) is 1. The maximum atomic E-state index is 12.6. The van der Waals surface area contributed by atoms with E-state index in [1.165, 1.54) is 55.5 Å². The fourth-order valence-electron chi connectivity index (χ4n) is 5.45. The molecule has 0 saturated heterocycles. The van der Waals surface area contributed by atoms with Crippen molar-refractivity contribution in [3.05, 3.63) is 107 Å². The number of phenolic OH excluding ortho intramolecular Hbond substituents is 2. The van der Waals surface area contributed by atoms with Crippen molar-refractivity contribution in [1.82, 2.24) is 10.3 Å². The molecule has 4 rings (SSSR count). The Morgan fingerprint density at radius 1 is 0.689 bits per heavy atom. The third-order valence-electron chi connectivity index (χ3n) is 8.75. The number of aromatic carboxylic acids is 2. The number of carbonyl (C=O) groups excluding carboxylic acids is 3. The molecule has 61 heavy (non-hydrogen) atoms. The van der Waals surface area contributed by atoms with Gasteiger partial charge in [-0.3, -0.25) is 9.59 Å². The highest BCUT2D eigenvalue weighted by molar-refractivity contribution is 5.96. The maximum absolute atomic E-state index is 12.6. The van der Waals surface area contributed by atoms with Gasteiger partial charge in [0, 0.05) is 24.3 Å². The Labute approximate surface area is 352 Å². The summed E-state index contributed by atoms with van der Waals surface area (Å²) < 4.78 is 5.08. The summed E-state index contributed by atoms with van der Waals surface area (Å²) >= 11 is 0. The summed E-state index contributed by atoms with van der Waals surface area (Å²) in [6, 6.07) is 21.0. The lowest BCUT2D eigenvalue weighted by Crippen LogP contribution is -2.47. The van der Waals surface area contributed by atoms with Gasteiger partial charge < -0.3 is 35.6 Å². The van der Waals surface area contributed by atoms with Gasteiger partial charge in [0.05, 0.1) is 34.3 Å². The van der Waals surface area contributed by atoms with Crippen molar-refractivity contribution < 1.29 is 54.2 Å². The van der Waals surface area contributed by atoms with E-state index in [0.29, 0.717) is 22.8 Å². The standard InChI is InChI=1S/C22H27N3O5.C21H24N4O6/c1-15(21(28)23-12-6-2-3-7-13-26)18-14-16(10-11-20(18)27)24-25-19-9-5-4-8-17(19)22(29)30;1-12(18(27)25(22)20(30)31-21(2,3)4)15-11-13(9-10-17(15)26)23-24-16-8-6-5-7-14(16)19(28)29/h4-5,8-11,14-15,26-27H,2-3,6-7,12-13H2,1H3,(H,23,28)(H,29,30);5-12,26H,22H2,1-4H3,(H,28,29)/b25-24+;24-23+. The number of ether oxygens (including phenoxy) is 1. The number of aliphatic hydroxyl groups excluding tert-OH is 1. The van der Waals surface area contributed by atoms with Crippen LogP contribution >= 0.6 is 0 Å². The van der Waals surface area contributed by atoms with Gasteiger partial charge in [0.2, 0.25) is 5.91 Å². The average Bonchev–Trinajstić information content (AvgIpc) is 3.22. The molecule has 4 aromatic carbocycles. The fourth-order valence-corrected chi connectivity index (χ4v) is 5.45. The number of aromatic hydroxyl groups is 2. The van der Waals surface area contributed by atoms with Crippen molar-refractivity contribution in [3.63, 3.8) is 0 Å². The largest absolute Gasteiger partial charge is 0.508 e. The molecule has 0 fully saturated rings. The van der Waals surface area contributed by atoms with Crippen molar-refractivity contribution in [3.8, 4) is 11.5 Å². The highest BCUT2D eigenvalue weighted by Gasteiger charge is 2.30. The smallest absolute Gasteiger partial charge is 0.431 e. The second kappa shape index (κ2) is 22.9. The van der Waals surface area contributed by atoms with Gasteiger partial charge in [-0.1, -0.05) is 37.1 Å². The van der Waals surface area contributed by atoms with E-state index in [1.807, 2.05) is 0 Å². The van der Waals surface area contributed by atoms with Crippen LogP contribution in [0.15, 0.2) is 105 Å². The number of aliphatic hydroxyl groups is 1. The van der Waals surface area contributed by atoms with Crippen LogP contribution in [0.5, 0.6) is 11.5 Å². The van der Waals surface area contributed by atoms with Crippen molar-refractivity contribution in [2.45, 2.75) is 77.7 Å². The molecule has 2 atom stereocenters. The van der Waals surface area contributed by atoms with E-state index in [4.69, 9.17) is 15.7 Å². The van der Waals surface area contributed by atoms with E-state index in [9.17, 15) is 44.4 Å². The first-order valence-electron chi connectivity index (χ1n) is 19.2. The number of hydrazine groups is 1. The average molecular weight is 842 g/mol. The van der Waals surface area contributed by atoms with Gasteiger partial charge in [0.1, 0.15) is 28.5 Å². The van der Waals surface area contributed by atoms with Gasteiger partial charge in [-0.15, -0.1) is 10.2 Å². The second-order valence-electron chi connectivity index (χ2n) is 14.6. The van der Waals surface area contributed by atoms with Gasteiger partial charge in [-0.2, -0.15) is 15.2 Å². The molecule has 0 heterocycles. The van der Waals surface area contributed by atoms with Gasteiger partial charge in [0.15, 0.2) is 0 Å². The Bertz CT molecular complexity index is 2240. The molecule has 4 aromatic rings. The second-order valence-corrected chi connectivity index (χ2v) is 14.6. The summed E-state index contributed by atoms with van der Waals surface area (Å²) in [6.45, 7) is 8.76. The number of nitrogens with one attached hydrogen (secondary N) is 1. The molecule has 0 radical (unpaired) electrons. The van der Waals surface area contributed by atoms with E-state index in [2.05, 4.69) is 25.8 Å². The number of carboxylic acids is 2. The predicted molar refractivity (Wildman–Crippen MR) is 224 cm³/mol. The molecule has 0 saturated carbocycles. The molecule has 0 bridgehead atoms. The number of hydrogen-bond donors (Lipinski definition) is 7. The zero-order valence-electron chi connectivity index (χ0n) is 34.5. The third kappa shape index (κ3) is 14.9. The molecule has 0 aliphatic rings. The van der Waals surface area contributed by atoms with Gasteiger partial charge >= 0.3 is 18.0 Å². The van der Waals surface area contributed by atoms with E-state index < -0.39 is 41.4 Å². The SMILES string of the molecule is CC(C(=O)N(N)C(=O)OC(C)(C)C)c1cc(/N=N/c2ccccc2C(=O)O)ccc1O.CC(C(=O)NCCCCCCO)c1cc(/N=N/c2ccccc2C(=O)O)ccc1O. The summed E-state index contributed by atoms with van der Waals surface area (Å²) in [5.74, 6) is 0.527. The van der Waals surface area contributed by atoms with Crippen LogP contribution < -0.4 is 11.2 Å². The van der Waals surface area contributed by atoms with Crippen LogP contribution in [0, 0.1) is 0 Å². The Morgan fingerprint density at radius 3 is 1.61 bits per heavy atom. The minimum absolute atomic E-state index is 0.0227. The van der Waals surface area contributed by atoms with Crippen molar-refractivity contribution in [2.75, 3.05) is 13.2 Å². The molecule has 0 aromatic heterocycles. The number of benzene rings is 4. The summed E-state index contributed by atoms with van der Waals surface area (Å²) in [4.78, 5) is 59.6. The van der Waals surface area contributed by atoms with Crippen LogP contribution in [0.3, 0.4) is 0 Å². The lowest BCUT2D eigenvalue weighted by Gasteiger charge is -2.25. The first-order valence-corrected chi connectivity index (χ1v) is 19.2. The minimum Gasteiger partial charge on any atom is -0.508 e. The fraction of sp³-hybridized carbons (Fsp3) is 0.326. The number of carboxylic acid groups (broad SMARTS) is 2. The Kier molecular flexibility index (Phi) is 18.2. The van der Waals surface area contributed by atoms with Crippen LogP contribution in [0.25, 0.3) is 0 Å². The minimum atomic E-state index is -1.15. The quantitative estimate of drug-likeness (QED) is 0.0184. The number of carbonyl (C=O) groups is 5. The molecule has 0 aliphatic heterocycles. The number of rotatable bonds is 16. The number of azo groups is 2. The molecule has 8 N–H and O–H groups in total. The Balaban J connectivity index is 0.000000325. The number of imide groups is 1. The highest BCUT2D eigenvalue weighted by atomic mass is 16.6. The molecule has 18 nitrogen and oxygen atoms in total. The normalized spacial score (nSPS) is 12.2. The zero-order valence-corrected chi connectivity index (χ0v) is 34.5. The van der Waals surface area contributed by atoms with Gasteiger partial charge in [-0.25, -0.2) is 20.2 Å². The van der Waals surface area contributed by atoms with Crippen LogP contribution in [0.4, 0.5) is 27.5 Å². The van der Waals surface area contributed by atoms with Crippen LogP contribution in [0.2, 0.25) is 0 Å². The van der Waals surface area contributed by atoms with Gasteiger partial charge in [-0.05, 0) is 108 Å². The maximum Gasteiger partial charge on any atom is 0.431 e. The molecular weight excluding hydrogens is 791 g/mol. The van der Waals surface area contributed by atoms with Crippen molar-refractivity contribution >= 4 is 52.6 Å². The van der Waals surface area contributed by atoms with E-state index in [-0.39, 0.29) is 57.8 Å².